The summed E-state index contributed by atoms with van der Waals surface area (Å²) in [6.45, 7) is 4.02. The predicted molar refractivity (Wildman–Crippen MR) is 93.6 cm³/mol. The van der Waals surface area contributed by atoms with E-state index in [0.29, 0.717) is 18.3 Å². The van der Waals surface area contributed by atoms with Gasteiger partial charge in [-0.15, -0.1) is 0 Å². The van der Waals surface area contributed by atoms with Crippen LogP contribution in [0.2, 0.25) is 0 Å². The van der Waals surface area contributed by atoms with Crippen LogP contribution in [0.5, 0.6) is 11.5 Å². The third-order valence-corrected chi connectivity index (χ3v) is 4.60. The summed E-state index contributed by atoms with van der Waals surface area (Å²) in [5.41, 5.74) is 0. The molecule has 0 radical (unpaired) electrons. The summed E-state index contributed by atoms with van der Waals surface area (Å²) in [7, 11) is 0. The molecule has 0 unspecified atom stereocenters. The van der Waals surface area contributed by atoms with E-state index in [2.05, 4.69) is 5.32 Å². The maximum atomic E-state index is 12.0. The second kappa shape index (κ2) is 8.23. The fraction of sp³-hybridized carbons (Fsp3) is 0.579. The lowest BCUT2D eigenvalue weighted by atomic mass is 10.0. The number of carbonyl (C=O) groups is 2. The van der Waals surface area contributed by atoms with E-state index in [1.165, 1.54) is 0 Å². The van der Waals surface area contributed by atoms with E-state index in [4.69, 9.17) is 9.47 Å². The fourth-order valence-corrected chi connectivity index (χ4v) is 3.05. The monoisotopic (exact) mass is 346 g/mol. The van der Waals surface area contributed by atoms with Crippen LogP contribution in [0.3, 0.4) is 0 Å². The van der Waals surface area contributed by atoms with E-state index < -0.39 is 0 Å². The Kier molecular flexibility index (Phi) is 5.79. The van der Waals surface area contributed by atoms with Crippen molar-refractivity contribution < 1.29 is 19.1 Å². The van der Waals surface area contributed by atoms with Crippen LogP contribution < -0.4 is 14.8 Å². The number of carbonyl (C=O) groups excluding carboxylic acids is 2. The van der Waals surface area contributed by atoms with Crippen LogP contribution in [-0.2, 0) is 9.59 Å². The van der Waals surface area contributed by atoms with Gasteiger partial charge in [0.25, 0.3) is 5.91 Å². The van der Waals surface area contributed by atoms with Crippen LogP contribution in [0, 0.1) is 5.92 Å². The summed E-state index contributed by atoms with van der Waals surface area (Å²) < 4.78 is 10.9. The number of piperidine rings is 1. The molecule has 2 amide bonds. The molecule has 2 aliphatic rings. The maximum absolute atomic E-state index is 12.0. The summed E-state index contributed by atoms with van der Waals surface area (Å²) in [5.74, 6) is 1.87. The number of benzene rings is 1. The lowest BCUT2D eigenvalue weighted by Gasteiger charge is -2.32. The maximum Gasteiger partial charge on any atom is 0.258 e. The van der Waals surface area contributed by atoms with Gasteiger partial charge in [-0.25, -0.2) is 0 Å². The van der Waals surface area contributed by atoms with Gasteiger partial charge in [0.15, 0.2) is 6.61 Å². The van der Waals surface area contributed by atoms with E-state index in [9.17, 15) is 9.59 Å². The van der Waals surface area contributed by atoms with Crippen molar-refractivity contribution in [1.29, 1.82) is 0 Å². The number of nitrogens with one attached hydrogen (secondary N) is 1. The molecule has 6 nitrogen and oxygen atoms in total. The summed E-state index contributed by atoms with van der Waals surface area (Å²) in [5, 5.41) is 3.00. The SMILES string of the molecule is CCOc1ccc(OCC(=O)NC2CCN(C(=O)C3CC3)CC2)cc1. The number of amides is 2. The van der Waals surface area contributed by atoms with Crippen molar-refractivity contribution in [3.8, 4) is 11.5 Å². The lowest BCUT2D eigenvalue weighted by molar-refractivity contribution is -0.133. The topological polar surface area (TPSA) is 67.9 Å². The van der Waals surface area contributed by atoms with Gasteiger partial charge in [0, 0.05) is 25.0 Å². The molecule has 1 N–H and O–H groups in total. The molecule has 6 heteroatoms. The van der Waals surface area contributed by atoms with Gasteiger partial charge in [0.1, 0.15) is 11.5 Å². The van der Waals surface area contributed by atoms with E-state index >= 15 is 0 Å². The van der Waals surface area contributed by atoms with Crippen molar-refractivity contribution in [3.63, 3.8) is 0 Å². The molecule has 136 valence electrons. The van der Waals surface area contributed by atoms with Crippen LogP contribution in [0.1, 0.15) is 32.6 Å². The van der Waals surface area contributed by atoms with Crippen molar-refractivity contribution in [2.45, 2.75) is 38.6 Å². The minimum atomic E-state index is -0.124. The summed E-state index contributed by atoms with van der Waals surface area (Å²) in [6.07, 6.45) is 3.71. The Bertz CT molecular complexity index is 590. The molecule has 1 aromatic rings. The fourth-order valence-electron chi connectivity index (χ4n) is 3.05. The quantitative estimate of drug-likeness (QED) is 0.820. The number of rotatable bonds is 7. The zero-order chi connectivity index (χ0) is 17.6. The Hall–Kier alpha value is -2.24. The van der Waals surface area contributed by atoms with Gasteiger partial charge in [-0.05, 0) is 56.9 Å². The van der Waals surface area contributed by atoms with Crippen LogP contribution >= 0.6 is 0 Å². The number of nitrogens with zero attached hydrogens (tertiary/aromatic N) is 1. The molecular formula is C19H26N2O4. The minimum Gasteiger partial charge on any atom is -0.494 e. The molecule has 1 aromatic carbocycles. The third kappa shape index (κ3) is 5.11. The van der Waals surface area contributed by atoms with Crippen LogP contribution in [-0.4, -0.2) is 49.1 Å². The Balaban J connectivity index is 1.36. The first-order valence-electron chi connectivity index (χ1n) is 9.09. The first kappa shape index (κ1) is 17.6. The first-order valence-corrected chi connectivity index (χ1v) is 9.09. The first-order chi connectivity index (χ1) is 12.2. The van der Waals surface area contributed by atoms with Gasteiger partial charge in [0.05, 0.1) is 6.61 Å². The van der Waals surface area contributed by atoms with Crippen LogP contribution in [0.4, 0.5) is 0 Å². The smallest absolute Gasteiger partial charge is 0.258 e. The Morgan fingerprint density at radius 1 is 1.04 bits per heavy atom. The number of hydrogen-bond acceptors (Lipinski definition) is 4. The highest BCUT2D eigenvalue weighted by atomic mass is 16.5. The molecule has 0 bridgehead atoms. The van der Waals surface area contributed by atoms with Gasteiger partial charge in [0.2, 0.25) is 5.91 Å². The molecule has 1 saturated carbocycles. The van der Waals surface area contributed by atoms with E-state index in [1.807, 2.05) is 24.0 Å². The van der Waals surface area contributed by atoms with E-state index in [1.54, 1.807) is 12.1 Å². The molecule has 1 aliphatic heterocycles. The second-order valence-electron chi connectivity index (χ2n) is 6.63. The largest absolute Gasteiger partial charge is 0.494 e. The molecule has 0 spiro atoms. The normalized spacial score (nSPS) is 17.9. The second-order valence-corrected chi connectivity index (χ2v) is 6.63. The summed E-state index contributed by atoms with van der Waals surface area (Å²) in [6, 6.07) is 7.35. The van der Waals surface area contributed by atoms with Crippen molar-refractivity contribution in [2.24, 2.45) is 5.92 Å². The van der Waals surface area contributed by atoms with Crippen molar-refractivity contribution in [2.75, 3.05) is 26.3 Å². The molecule has 0 aromatic heterocycles. The molecule has 1 heterocycles. The highest BCUT2D eigenvalue weighted by Gasteiger charge is 2.35. The summed E-state index contributed by atoms with van der Waals surface area (Å²) >= 11 is 0. The molecular weight excluding hydrogens is 320 g/mol. The van der Waals surface area contributed by atoms with E-state index in [-0.39, 0.29) is 24.5 Å². The molecule has 3 rings (SSSR count). The van der Waals surface area contributed by atoms with Crippen LogP contribution in [0.25, 0.3) is 0 Å². The zero-order valence-electron chi connectivity index (χ0n) is 14.7. The summed E-state index contributed by atoms with van der Waals surface area (Å²) in [4.78, 5) is 26.0. The lowest BCUT2D eigenvalue weighted by Crippen LogP contribution is -2.47. The Morgan fingerprint density at radius 3 is 2.20 bits per heavy atom. The van der Waals surface area contributed by atoms with Crippen molar-refractivity contribution >= 4 is 11.8 Å². The van der Waals surface area contributed by atoms with Gasteiger partial charge in [-0.2, -0.15) is 0 Å². The van der Waals surface area contributed by atoms with Crippen LogP contribution in [0.15, 0.2) is 24.3 Å². The number of hydrogen-bond donors (Lipinski definition) is 1. The van der Waals surface area contributed by atoms with Gasteiger partial charge >= 0.3 is 0 Å². The third-order valence-electron chi connectivity index (χ3n) is 4.60. The van der Waals surface area contributed by atoms with Gasteiger partial charge in [-0.1, -0.05) is 0 Å². The van der Waals surface area contributed by atoms with E-state index in [0.717, 1.165) is 44.5 Å². The predicted octanol–water partition coefficient (Wildman–Crippen LogP) is 1.98. The van der Waals surface area contributed by atoms with Crippen molar-refractivity contribution in [3.05, 3.63) is 24.3 Å². The Morgan fingerprint density at radius 2 is 1.64 bits per heavy atom. The molecule has 0 atom stereocenters. The van der Waals surface area contributed by atoms with Crippen molar-refractivity contribution in [1.82, 2.24) is 10.2 Å². The highest BCUT2D eigenvalue weighted by Crippen LogP contribution is 2.31. The molecule has 2 fully saturated rings. The molecule has 1 aliphatic carbocycles. The highest BCUT2D eigenvalue weighted by molar-refractivity contribution is 5.81. The Labute approximate surface area is 148 Å². The number of likely N-dealkylation sites (tertiary alicyclic amines) is 1. The molecule has 1 saturated heterocycles. The zero-order valence-corrected chi connectivity index (χ0v) is 14.7. The van der Waals surface area contributed by atoms with Gasteiger partial charge < -0.3 is 19.7 Å². The minimum absolute atomic E-state index is 0.00476. The average molecular weight is 346 g/mol. The van der Waals surface area contributed by atoms with Gasteiger partial charge in [-0.3, -0.25) is 9.59 Å². The average Bonchev–Trinajstić information content (AvgIpc) is 3.47. The number of ether oxygens (including phenoxy) is 2. The molecule has 25 heavy (non-hydrogen) atoms. The standard InChI is InChI=1S/C19H26N2O4/c1-2-24-16-5-7-17(8-6-16)25-13-18(22)20-15-9-11-21(12-10-15)19(23)14-3-4-14/h5-8,14-15H,2-4,9-13H2,1H3,(H,20,22).